The summed E-state index contributed by atoms with van der Waals surface area (Å²) in [5.74, 6) is 6.55. The van der Waals surface area contributed by atoms with Crippen LogP contribution in [0.5, 0.6) is 0 Å². The molecule has 1 rings (SSSR count). The van der Waals surface area contributed by atoms with Crippen molar-refractivity contribution in [2.75, 3.05) is 26.3 Å². The maximum atomic E-state index is 5.35. The van der Waals surface area contributed by atoms with Gasteiger partial charge in [0.25, 0.3) is 0 Å². The molecule has 0 bridgehead atoms. The Balaban J connectivity index is 2.14. The zero-order valence-electron chi connectivity index (χ0n) is 10.6. The van der Waals surface area contributed by atoms with Gasteiger partial charge in [0, 0.05) is 32.7 Å². The summed E-state index contributed by atoms with van der Waals surface area (Å²) in [6.07, 6.45) is 2.82. The molecule has 0 aliphatic carbocycles. The summed E-state index contributed by atoms with van der Waals surface area (Å²) in [7, 11) is 0. The number of ether oxygens (including phenoxy) is 1. The van der Waals surface area contributed by atoms with E-state index in [1.165, 1.54) is 6.39 Å². The summed E-state index contributed by atoms with van der Waals surface area (Å²) in [5.41, 5.74) is 2.51. The van der Waals surface area contributed by atoms with E-state index in [1.54, 1.807) is 0 Å². The van der Waals surface area contributed by atoms with Crippen molar-refractivity contribution in [1.82, 2.24) is 20.9 Å². The van der Waals surface area contributed by atoms with E-state index in [2.05, 4.69) is 30.4 Å². The van der Waals surface area contributed by atoms with Crippen LogP contribution in [0.3, 0.4) is 0 Å². The van der Waals surface area contributed by atoms with Gasteiger partial charge < -0.3 is 14.6 Å². The summed E-state index contributed by atoms with van der Waals surface area (Å²) in [4.78, 5) is 8.17. The fraction of sp³-hybridized carbons (Fsp3) is 0.700. The first-order valence-electron chi connectivity index (χ1n) is 5.94. The number of hydrazine groups is 1. The summed E-state index contributed by atoms with van der Waals surface area (Å²) in [5, 5.41) is 6.75. The van der Waals surface area contributed by atoms with Gasteiger partial charge in [-0.05, 0) is 13.3 Å². The molecule has 0 unspecified atom stereocenters. The van der Waals surface area contributed by atoms with Gasteiger partial charge in [0.15, 0.2) is 5.82 Å². The highest BCUT2D eigenvalue weighted by Gasteiger charge is 1.99. The average Bonchev–Trinajstić information content (AvgIpc) is 2.89. The lowest BCUT2D eigenvalue weighted by molar-refractivity contribution is 0.146. The zero-order chi connectivity index (χ0) is 13.1. The van der Waals surface area contributed by atoms with Gasteiger partial charge in [0.2, 0.25) is 12.4 Å². The third kappa shape index (κ3) is 6.16. The first-order chi connectivity index (χ1) is 8.86. The normalized spacial score (nSPS) is 11.6. The molecule has 4 N–H and O–H groups in total. The summed E-state index contributed by atoms with van der Waals surface area (Å²) in [6, 6.07) is 0. The van der Waals surface area contributed by atoms with E-state index >= 15 is 0 Å². The summed E-state index contributed by atoms with van der Waals surface area (Å²) >= 11 is 0. The van der Waals surface area contributed by atoms with Gasteiger partial charge >= 0.3 is 0 Å². The largest absolute Gasteiger partial charge is 0.382 e. The van der Waals surface area contributed by atoms with E-state index in [0.29, 0.717) is 37.9 Å². The topological polar surface area (TPSA) is 111 Å². The molecule has 0 saturated heterocycles. The molecular formula is C10H20N6O2. The third-order valence-electron chi connectivity index (χ3n) is 2.11. The monoisotopic (exact) mass is 256 g/mol. The molecule has 1 aromatic heterocycles. The lowest BCUT2D eigenvalue weighted by Gasteiger charge is -2.07. The summed E-state index contributed by atoms with van der Waals surface area (Å²) < 4.78 is 9.84. The number of nitrogens with zero attached hydrogens (tertiary/aromatic N) is 3. The van der Waals surface area contributed by atoms with Crippen LogP contribution in [0.25, 0.3) is 0 Å². The number of guanidine groups is 1. The standard InChI is InChI=1S/C10H20N6O2/c1-2-17-7-3-5-12-10(15-11)13-6-4-9-14-8-18-16-9/h8H,2-7,11H2,1H3,(H2,12,13,15). The molecule has 0 radical (unpaired) electrons. The van der Waals surface area contributed by atoms with Crippen molar-refractivity contribution >= 4 is 5.96 Å². The molecule has 0 atom stereocenters. The van der Waals surface area contributed by atoms with E-state index in [0.717, 1.165) is 13.0 Å². The lowest BCUT2D eigenvalue weighted by atomic mass is 10.4. The maximum Gasteiger partial charge on any atom is 0.213 e. The molecule has 0 amide bonds. The second-order valence-electron chi connectivity index (χ2n) is 3.45. The van der Waals surface area contributed by atoms with Gasteiger partial charge in [-0.15, -0.1) is 0 Å². The predicted octanol–water partition coefficient (Wildman–Crippen LogP) is -0.552. The zero-order valence-corrected chi connectivity index (χ0v) is 10.6. The highest BCUT2D eigenvalue weighted by atomic mass is 16.5. The van der Waals surface area contributed by atoms with E-state index in [1.807, 2.05) is 6.92 Å². The van der Waals surface area contributed by atoms with Crippen LogP contribution in [0, 0.1) is 0 Å². The molecule has 8 heteroatoms. The van der Waals surface area contributed by atoms with Gasteiger partial charge in [0.05, 0.1) is 0 Å². The Morgan fingerprint density at radius 1 is 1.61 bits per heavy atom. The number of aromatic nitrogens is 2. The minimum Gasteiger partial charge on any atom is -0.382 e. The van der Waals surface area contributed by atoms with Crippen molar-refractivity contribution in [1.29, 1.82) is 0 Å². The average molecular weight is 256 g/mol. The number of nitrogens with two attached hydrogens (primary N) is 1. The minimum absolute atomic E-state index is 0.551. The van der Waals surface area contributed by atoms with Crippen molar-refractivity contribution in [3.8, 4) is 0 Å². The highest BCUT2D eigenvalue weighted by molar-refractivity contribution is 5.79. The lowest BCUT2D eigenvalue weighted by Crippen LogP contribution is -2.42. The Hall–Kier alpha value is -1.67. The van der Waals surface area contributed by atoms with Crippen LogP contribution in [0.15, 0.2) is 15.9 Å². The van der Waals surface area contributed by atoms with E-state index in [4.69, 9.17) is 10.6 Å². The van der Waals surface area contributed by atoms with Crippen LogP contribution >= 0.6 is 0 Å². The van der Waals surface area contributed by atoms with E-state index in [9.17, 15) is 0 Å². The number of aliphatic imine (C=N–C) groups is 1. The molecule has 0 fully saturated rings. The van der Waals surface area contributed by atoms with Gasteiger partial charge in [0.1, 0.15) is 0 Å². The minimum atomic E-state index is 0.551. The van der Waals surface area contributed by atoms with Crippen molar-refractivity contribution in [2.45, 2.75) is 19.8 Å². The quantitative estimate of drug-likeness (QED) is 0.188. The molecular weight excluding hydrogens is 236 g/mol. The number of rotatable bonds is 8. The first-order valence-corrected chi connectivity index (χ1v) is 5.94. The first kappa shape index (κ1) is 14.4. The highest BCUT2D eigenvalue weighted by Crippen LogP contribution is 1.88. The predicted molar refractivity (Wildman–Crippen MR) is 66.7 cm³/mol. The van der Waals surface area contributed by atoms with Crippen molar-refractivity contribution in [2.24, 2.45) is 10.8 Å². The van der Waals surface area contributed by atoms with Crippen LogP contribution in [-0.2, 0) is 11.2 Å². The van der Waals surface area contributed by atoms with E-state index in [-0.39, 0.29) is 0 Å². The Morgan fingerprint density at radius 2 is 2.50 bits per heavy atom. The molecule has 1 aromatic rings. The Kier molecular flexibility index (Phi) is 7.49. The Labute approximate surface area is 106 Å². The second-order valence-corrected chi connectivity index (χ2v) is 3.45. The second kappa shape index (κ2) is 9.37. The molecule has 1 heterocycles. The van der Waals surface area contributed by atoms with Gasteiger partial charge in [-0.1, -0.05) is 5.16 Å². The van der Waals surface area contributed by atoms with Crippen LogP contribution < -0.4 is 16.6 Å². The van der Waals surface area contributed by atoms with Gasteiger partial charge in [-0.3, -0.25) is 10.4 Å². The molecule has 0 aliphatic heterocycles. The Morgan fingerprint density at radius 3 is 3.17 bits per heavy atom. The fourth-order valence-electron chi connectivity index (χ4n) is 1.25. The molecule has 8 nitrogen and oxygen atoms in total. The molecule has 0 spiro atoms. The number of nitrogens with one attached hydrogen (secondary N) is 2. The number of hydrogen-bond acceptors (Lipinski definition) is 6. The van der Waals surface area contributed by atoms with Crippen molar-refractivity contribution in [3.63, 3.8) is 0 Å². The third-order valence-corrected chi connectivity index (χ3v) is 2.11. The molecule has 0 aromatic carbocycles. The van der Waals surface area contributed by atoms with Crippen LogP contribution in [0.2, 0.25) is 0 Å². The van der Waals surface area contributed by atoms with Crippen LogP contribution in [0.4, 0.5) is 0 Å². The fourth-order valence-corrected chi connectivity index (χ4v) is 1.25. The van der Waals surface area contributed by atoms with Gasteiger partial charge in [-0.25, -0.2) is 5.84 Å². The SMILES string of the molecule is CCOCCCN=C(NN)NCCc1ncon1. The summed E-state index contributed by atoms with van der Waals surface area (Å²) in [6.45, 7) is 4.70. The molecule has 0 aliphatic rings. The smallest absolute Gasteiger partial charge is 0.213 e. The molecule has 102 valence electrons. The van der Waals surface area contributed by atoms with Crippen molar-refractivity contribution in [3.05, 3.63) is 12.2 Å². The number of hydrogen-bond donors (Lipinski definition) is 3. The van der Waals surface area contributed by atoms with E-state index < -0.39 is 0 Å². The van der Waals surface area contributed by atoms with Gasteiger partial charge in [-0.2, -0.15) is 4.98 Å². The van der Waals surface area contributed by atoms with Crippen LogP contribution in [-0.4, -0.2) is 42.4 Å². The van der Waals surface area contributed by atoms with Crippen molar-refractivity contribution < 1.29 is 9.26 Å². The molecule has 0 saturated carbocycles. The molecule has 18 heavy (non-hydrogen) atoms. The van der Waals surface area contributed by atoms with Crippen LogP contribution in [0.1, 0.15) is 19.2 Å². The maximum absolute atomic E-state index is 5.35. The Bertz CT molecular complexity index is 327.